The van der Waals surface area contributed by atoms with Crippen molar-refractivity contribution in [3.8, 4) is 5.75 Å². The number of allylic oxidation sites excluding steroid dienone is 1. The van der Waals surface area contributed by atoms with Crippen molar-refractivity contribution in [2.24, 2.45) is 0 Å². The topological polar surface area (TPSA) is 97.7 Å². The number of ether oxygens (including phenoxy) is 1. The number of aromatic amines is 1. The fourth-order valence-electron chi connectivity index (χ4n) is 4.21. The van der Waals surface area contributed by atoms with Crippen LogP contribution in [-0.2, 0) is 13.0 Å². The molecule has 3 heterocycles. The molecule has 0 aliphatic carbocycles. The lowest BCUT2D eigenvalue weighted by atomic mass is 10.0. The second-order valence-electron chi connectivity index (χ2n) is 7.90. The fourth-order valence-corrected chi connectivity index (χ4v) is 4.21. The maximum Gasteiger partial charge on any atom is 0.272 e. The summed E-state index contributed by atoms with van der Waals surface area (Å²) in [6.45, 7) is 4.45. The van der Waals surface area contributed by atoms with E-state index in [-0.39, 0.29) is 11.6 Å². The molecule has 0 saturated heterocycles. The minimum atomic E-state index is -0.424. The standard InChI is InChI=1S/C26H24N6O2/c1-3-12-32-24-14-18(34-2)8-9-21(24)30-25(32)22(31-26(33)23-16-27-10-11-28-23)13-17-15-29-20-7-5-4-6-19(17)20/h3-11,14-16,22,29H,1,12-13H2,2H3,(H,31,33). The Hall–Kier alpha value is -4.46. The Kier molecular flexibility index (Phi) is 5.78. The van der Waals surface area contributed by atoms with Gasteiger partial charge in [-0.2, -0.15) is 0 Å². The number of para-hydroxylation sites is 1. The van der Waals surface area contributed by atoms with Crippen LogP contribution in [0.3, 0.4) is 0 Å². The van der Waals surface area contributed by atoms with Gasteiger partial charge in [0, 0.05) is 48.5 Å². The molecule has 0 fully saturated rings. The number of nitrogens with zero attached hydrogens (tertiary/aromatic N) is 4. The molecular weight excluding hydrogens is 428 g/mol. The van der Waals surface area contributed by atoms with Crippen molar-refractivity contribution in [3.05, 3.63) is 97.0 Å². The minimum Gasteiger partial charge on any atom is -0.497 e. The van der Waals surface area contributed by atoms with Gasteiger partial charge in [0.15, 0.2) is 0 Å². The lowest BCUT2D eigenvalue weighted by molar-refractivity contribution is 0.0928. The summed E-state index contributed by atoms with van der Waals surface area (Å²) in [5.74, 6) is 1.15. The van der Waals surface area contributed by atoms with Crippen LogP contribution in [0.2, 0.25) is 0 Å². The SMILES string of the molecule is C=CCn1c(C(Cc2c[nH]c3ccccc23)NC(=O)c2cnccn2)nc2ccc(OC)cc21. The van der Waals surface area contributed by atoms with Crippen LogP contribution in [0.5, 0.6) is 5.75 Å². The molecule has 0 saturated carbocycles. The number of fused-ring (bicyclic) bond motifs is 2. The normalized spacial score (nSPS) is 12.0. The van der Waals surface area contributed by atoms with Crippen molar-refractivity contribution < 1.29 is 9.53 Å². The van der Waals surface area contributed by atoms with E-state index in [1.54, 1.807) is 7.11 Å². The van der Waals surface area contributed by atoms with Gasteiger partial charge in [0.25, 0.3) is 5.91 Å². The Bertz CT molecular complexity index is 1470. The van der Waals surface area contributed by atoms with E-state index < -0.39 is 6.04 Å². The third-order valence-electron chi connectivity index (χ3n) is 5.81. The summed E-state index contributed by atoms with van der Waals surface area (Å²) in [5.41, 5.74) is 4.09. The molecule has 3 aromatic heterocycles. The Morgan fingerprint density at radius 1 is 1.26 bits per heavy atom. The molecule has 8 heteroatoms. The van der Waals surface area contributed by atoms with Gasteiger partial charge < -0.3 is 19.6 Å². The van der Waals surface area contributed by atoms with Crippen LogP contribution in [-0.4, -0.2) is 37.5 Å². The van der Waals surface area contributed by atoms with Crippen LogP contribution >= 0.6 is 0 Å². The van der Waals surface area contributed by atoms with Crippen molar-refractivity contribution in [3.63, 3.8) is 0 Å². The van der Waals surface area contributed by atoms with E-state index in [2.05, 4.69) is 37.5 Å². The Morgan fingerprint density at radius 3 is 2.94 bits per heavy atom. The zero-order valence-electron chi connectivity index (χ0n) is 18.7. The first-order valence-corrected chi connectivity index (χ1v) is 10.9. The van der Waals surface area contributed by atoms with Crippen LogP contribution < -0.4 is 10.1 Å². The summed E-state index contributed by atoms with van der Waals surface area (Å²) in [7, 11) is 1.64. The molecule has 5 rings (SSSR count). The number of hydrogen-bond acceptors (Lipinski definition) is 5. The number of imidazole rings is 1. The van der Waals surface area contributed by atoms with Crippen molar-refractivity contribution in [1.82, 2.24) is 29.8 Å². The summed E-state index contributed by atoms with van der Waals surface area (Å²) in [4.78, 5) is 29.5. The molecule has 34 heavy (non-hydrogen) atoms. The zero-order chi connectivity index (χ0) is 23.5. The highest BCUT2D eigenvalue weighted by Gasteiger charge is 2.25. The van der Waals surface area contributed by atoms with Gasteiger partial charge in [0.2, 0.25) is 0 Å². The summed E-state index contributed by atoms with van der Waals surface area (Å²) in [6, 6.07) is 13.4. The summed E-state index contributed by atoms with van der Waals surface area (Å²) < 4.78 is 7.48. The van der Waals surface area contributed by atoms with Gasteiger partial charge in [-0.15, -0.1) is 6.58 Å². The quantitative estimate of drug-likeness (QED) is 0.344. The van der Waals surface area contributed by atoms with Crippen molar-refractivity contribution >= 4 is 27.8 Å². The highest BCUT2D eigenvalue weighted by Crippen LogP contribution is 2.29. The Balaban J connectivity index is 1.61. The van der Waals surface area contributed by atoms with Gasteiger partial charge >= 0.3 is 0 Å². The first kappa shape index (κ1) is 21.4. The van der Waals surface area contributed by atoms with E-state index in [9.17, 15) is 4.79 Å². The smallest absolute Gasteiger partial charge is 0.272 e. The predicted octanol–water partition coefficient (Wildman–Crippen LogP) is 4.22. The number of hydrogen-bond donors (Lipinski definition) is 2. The van der Waals surface area contributed by atoms with Gasteiger partial charge in [-0.1, -0.05) is 24.3 Å². The number of methoxy groups -OCH3 is 1. The Labute approximate surface area is 196 Å². The fraction of sp³-hybridized carbons (Fsp3) is 0.154. The molecule has 1 unspecified atom stereocenters. The molecule has 1 atom stereocenters. The number of benzene rings is 2. The molecule has 0 radical (unpaired) electrons. The largest absolute Gasteiger partial charge is 0.497 e. The van der Waals surface area contributed by atoms with Gasteiger partial charge in [0.1, 0.15) is 17.3 Å². The third-order valence-corrected chi connectivity index (χ3v) is 5.81. The van der Waals surface area contributed by atoms with Crippen molar-refractivity contribution in [2.45, 2.75) is 19.0 Å². The lowest BCUT2D eigenvalue weighted by Crippen LogP contribution is -2.32. The molecule has 8 nitrogen and oxygen atoms in total. The van der Waals surface area contributed by atoms with Crippen LogP contribution in [0.25, 0.3) is 21.9 Å². The maximum atomic E-state index is 13.1. The average Bonchev–Trinajstić information content (AvgIpc) is 3.45. The van der Waals surface area contributed by atoms with Crippen LogP contribution in [0.15, 0.2) is 79.9 Å². The number of aromatic nitrogens is 5. The second-order valence-corrected chi connectivity index (χ2v) is 7.90. The van der Waals surface area contributed by atoms with Crippen LogP contribution in [0, 0.1) is 0 Å². The molecule has 0 aliphatic heterocycles. The summed E-state index contributed by atoms with van der Waals surface area (Å²) in [6.07, 6.45) is 8.83. The highest BCUT2D eigenvalue weighted by molar-refractivity contribution is 5.92. The molecule has 2 N–H and O–H groups in total. The number of amides is 1. The molecule has 0 bridgehead atoms. The molecule has 0 spiro atoms. The van der Waals surface area contributed by atoms with Gasteiger partial charge in [-0.3, -0.25) is 9.78 Å². The maximum absolute atomic E-state index is 13.1. The molecule has 0 aliphatic rings. The first-order chi connectivity index (χ1) is 16.7. The minimum absolute atomic E-state index is 0.250. The molecular formula is C26H24N6O2. The van der Waals surface area contributed by atoms with E-state index in [1.165, 1.54) is 18.6 Å². The van der Waals surface area contributed by atoms with E-state index >= 15 is 0 Å². The number of carbonyl (C=O) groups is 1. The molecule has 1 amide bonds. The number of rotatable bonds is 8. The van der Waals surface area contributed by atoms with E-state index in [0.29, 0.717) is 13.0 Å². The van der Waals surface area contributed by atoms with Crippen molar-refractivity contribution in [1.29, 1.82) is 0 Å². The predicted molar refractivity (Wildman–Crippen MR) is 131 cm³/mol. The van der Waals surface area contributed by atoms with E-state index in [1.807, 2.05) is 48.7 Å². The Morgan fingerprint density at radius 2 is 2.15 bits per heavy atom. The molecule has 5 aromatic rings. The molecule has 2 aromatic carbocycles. The lowest BCUT2D eigenvalue weighted by Gasteiger charge is -2.19. The van der Waals surface area contributed by atoms with Gasteiger partial charge in [-0.25, -0.2) is 9.97 Å². The van der Waals surface area contributed by atoms with Crippen molar-refractivity contribution in [2.75, 3.05) is 7.11 Å². The number of H-pyrrole nitrogens is 1. The van der Waals surface area contributed by atoms with Gasteiger partial charge in [0.05, 0.1) is 30.4 Å². The van der Waals surface area contributed by atoms with Gasteiger partial charge in [-0.05, 0) is 23.8 Å². The number of nitrogens with one attached hydrogen (secondary N) is 2. The summed E-state index contributed by atoms with van der Waals surface area (Å²) >= 11 is 0. The number of carbonyl (C=O) groups excluding carboxylic acids is 1. The van der Waals surface area contributed by atoms with E-state index in [4.69, 9.17) is 9.72 Å². The molecule has 170 valence electrons. The second kappa shape index (κ2) is 9.19. The highest BCUT2D eigenvalue weighted by atomic mass is 16.5. The van der Waals surface area contributed by atoms with Crippen LogP contribution in [0.4, 0.5) is 0 Å². The van der Waals surface area contributed by atoms with E-state index in [0.717, 1.165) is 39.1 Å². The third kappa shape index (κ3) is 4.01. The first-order valence-electron chi connectivity index (χ1n) is 10.9. The summed E-state index contributed by atoms with van der Waals surface area (Å²) in [5, 5.41) is 4.24. The monoisotopic (exact) mass is 452 g/mol. The van der Waals surface area contributed by atoms with Crippen LogP contribution in [0.1, 0.15) is 27.9 Å². The zero-order valence-corrected chi connectivity index (χ0v) is 18.7. The average molecular weight is 453 g/mol.